The van der Waals surface area contributed by atoms with Crippen LogP contribution in [0.4, 0.5) is 22.0 Å². The van der Waals surface area contributed by atoms with E-state index in [0.29, 0.717) is 0 Å². The largest absolute Gasteiger partial charge is 0.455 e. The molecule has 0 aliphatic carbocycles. The number of hydrogen-bond donors (Lipinski definition) is 1. The Morgan fingerprint density at radius 3 is 1.94 bits per heavy atom. The lowest BCUT2D eigenvalue weighted by atomic mass is 10.0. The van der Waals surface area contributed by atoms with Crippen molar-refractivity contribution in [3.8, 4) is 0 Å². The van der Waals surface area contributed by atoms with Crippen molar-refractivity contribution in [2.75, 3.05) is 0 Å². The molecule has 0 amide bonds. The summed E-state index contributed by atoms with van der Waals surface area (Å²) in [6.45, 7) is 0. The third-order valence-electron chi connectivity index (χ3n) is 2.01. The summed E-state index contributed by atoms with van der Waals surface area (Å²) >= 11 is 5.49. The molecule has 2 N–H and O–H groups in total. The zero-order valence-corrected chi connectivity index (χ0v) is 9.71. The number of alkyl halides is 5. The molecule has 0 saturated carbocycles. The van der Waals surface area contributed by atoms with Crippen LogP contribution in [0.15, 0.2) is 24.3 Å². The summed E-state index contributed by atoms with van der Waals surface area (Å²) in [6, 6.07) is 2.41. The van der Waals surface area contributed by atoms with Gasteiger partial charge >= 0.3 is 12.1 Å². The first kappa shape index (κ1) is 16.4. The van der Waals surface area contributed by atoms with Gasteiger partial charge in [0.1, 0.15) is 6.04 Å². The maximum Gasteiger partial charge on any atom is 0.455 e. The van der Waals surface area contributed by atoms with Crippen molar-refractivity contribution in [2.45, 2.75) is 18.1 Å². The van der Waals surface area contributed by atoms with Crippen molar-refractivity contribution in [3.63, 3.8) is 0 Å². The van der Waals surface area contributed by atoms with E-state index in [0.717, 1.165) is 6.07 Å². The fourth-order valence-electron chi connectivity index (χ4n) is 1.10. The molecule has 1 atom stereocenters. The lowest BCUT2D eigenvalue weighted by Crippen LogP contribution is -2.45. The Bertz CT molecular complexity index is 380. The standard InChI is InChI=1S/C9H7ClF5N.ClH/c10-6-4-2-1-3-5(6)7(16)8(11,12)9(13,14)15;/h1-4,7H,16H2;1H/t7-;/m0./s1. The Morgan fingerprint density at radius 2 is 1.53 bits per heavy atom. The third kappa shape index (κ3) is 3.20. The van der Waals surface area contributed by atoms with Crippen molar-refractivity contribution >= 4 is 24.0 Å². The van der Waals surface area contributed by atoms with E-state index in [9.17, 15) is 22.0 Å². The van der Waals surface area contributed by atoms with Gasteiger partial charge in [-0.1, -0.05) is 29.8 Å². The maximum atomic E-state index is 12.9. The monoisotopic (exact) mass is 295 g/mol. The summed E-state index contributed by atoms with van der Waals surface area (Å²) in [5.41, 5.74) is 4.47. The first-order valence-corrected chi connectivity index (χ1v) is 4.50. The molecule has 8 heteroatoms. The quantitative estimate of drug-likeness (QED) is 0.821. The van der Waals surface area contributed by atoms with Crippen LogP contribution in [0.25, 0.3) is 0 Å². The fraction of sp³-hybridized carbons (Fsp3) is 0.333. The smallest absolute Gasteiger partial charge is 0.319 e. The predicted octanol–water partition coefficient (Wildman–Crippen LogP) is 3.96. The molecule has 0 radical (unpaired) electrons. The molecule has 0 aromatic heterocycles. The first-order chi connectivity index (χ1) is 7.18. The number of rotatable bonds is 2. The summed E-state index contributed by atoms with van der Waals surface area (Å²) in [5, 5.41) is -0.223. The van der Waals surface area contributed by atoms with Crippen LogP contribution in [0.3, 0.4) is 0 Å². The molecule has 0 aliphatic heterocycles. The van der Waals surface area contributed by atoms with Crippen molar-refractivity contribution in [1.29, 1.82) is 0 Å². The highest BCUT2D eigenvalue weighted by molar-refractivity contribution is 6.31. The van der Waals surface area contributed by atoms with Crippen LogP contribution >= 0.6 is 24.0 Å². The highest BCUT2D eigenvalue weighted by atomic mass is 35.5. The molecule has 0 saturated heterocycles. The molecule has 0 heterocycles. The molecule has 0 bridgehead atoms. The molecule has 1 nitrogen and oxygen atoms in total. The first-order valence-electron chi connectivity index (χ1n) is 4.12. The SMILES string of the molecule is Cl.N[C@@H](c1ccccc1Cl)C(F)(F)C(F)(F)F. The van der Waals surface area contributed by atoms with Crippen molar-refractivity contribution in [3.05, 3.63) is 34.9 Å². The van der Waals surface area contributed by atoms with E-state index >= 15 is 0 Å². The second-order valence-electron chi connectivity index (χ2n) is 3.12. The van der Waals surface area contributed by atoms with E-state index in [1.165, 1.54) is 18.2 Å². The van der Waals surface area contributed by atoms with Crippen LogP contribution in [0.1, 0.15) is 11.6 Å². The van der Waals surface area contributed by atoms with Gasteiger partial charge in [-0.3, -0.25) is 0 Å². The molecule has 0 fully saturated rings. The van der Waals surface area contributed by atoms with E-state index < -0.39 is 23.7 Å². The van der Waals surface area contributed by atoms with Crippen LogP contribution in [-0.4, -0.2) is 12.1 Å². The highest BCUT2D eigenvalue weighted by Gasteiger charge is 2.61. The third-order valence-corrected chi connectivity index (χ3v) is 2.35. The lowest BCUT2D eigenvalue weighted by Gasteiger charge is -2.26. The lowest BCUT2D eigenvalue weighted by molar-refractivity contribution is -0.290. The van der Waals surface area contributed by atoms with Gasteiger partial charge in [0.25, 0.3) is 0 Å². The van der Waals surface area contributed by atoms with Gasteiger partial charge in [-0.25, -0.2) is 0 Å². The van der Waals surface area contributed by atoms with E-state index in [4.69, 9.17) is 17.3 Å². The van der Waals surface area contributed by atoms with E-state index in [1.54, 1.807) is 0 Å². The van der Waals surface area contributed by atoms with Gasteiger partial charge in [0.05, 0.1) is 0 Å². The molecule has 1 aromatic carbocycles. The topological polar surface area (TPSA) is 26.0 Å². The van der Waals surface area contributed by atoms with Gasteiger partial charge in [0.15, 0.2) is 0 Å². The number of hydrogen-bond acceptors (Lipinski definition) is 1. The molecule has 0 spiro atoms. The molecule has 1 aromatic rings. The van der Waals surface area contributed by atoms with Gasteiger partial charge in [0.2, 0.25) is 0 Å². The van der Waals surface area contributed by atoms with Crippen molar-refractivity contribution in [2.24, 2.45) is 5.73 Å². The molecule has 1 rings (SSSR count). The van der Waals surface area contributed by atoms with Gasteiger partial charge < -0.3 is 5.73 Å². The predicted molar refractivity (Wildman–Crippen MR) is 56.6 cm³/mol. The summed E-state index contributed by atoms with van der Waals surface area (Å²) in [4.78, 5) is 0. The molecule has 0 unspecified atom stereocenters. The van der Waals surface area contributed by atoms with E-state index in [-0.39, 0.29) is 17.4 Å². The molecular formula is C9H8Cl2F5N. The van der Waals surface area contributed by atoms with Gasteiger partial charge in [0, 0.05) is 5.02 Å². The molecular weight excluding hydrogens is 288 g/mol. The molecule has 0 aliphatic rings. The van der Waals surface area contributed by atoms with Gasteiger partial charge in [-0.05, 0) is 11.6 Å². The number of benzene rings is 1. The van der Waals surface area contributed by atoms with E-state index in [2.05, 4.69) is 0 Å². The number of halogens is 7. The highest BCUT2D eigenvalue weighted by Crippen LogP contribution is 2.44. The van der Waals surface area contributed by atoms with Gasteiger partial charge in [-0.2, -0.15) is 22.0 Å². The Balaban J connectivity index is 0.00000256. The molecule has 98 valence electrons. The number of nitrogens with two attached hydrogens (primary N) is 1. The minimum Gasteiger partial charge on any atom is -0.319 e. The van der Waals surface area contributed by atoms with E-state index in [1.807, 2.05) is 0 Å². The average molecular weight is 296 g/mol. The summed E-state index contributed by atoms with van der Waals surface area (Å²) < 4.78 is 61.8. The van der Waals surface area contributed by atoms with Crippen LogP contribution in [0.5, 0.6) is 0 Å². The second-order valence-corrected chi connectivity index (χ2v) is 3.53. The summed E-state index contributed by atoms with van der Waals surface area (Å²) in [7, 11) is 0. The van der Waals surface area contributed by atoms with Crippen LogP contribution < -0.4 is 5.73 Å². The Kier molecular flexibility index (Phi) is 5.18. The van der Waals surface area contributed by atoms with Crippen molar-refractivity contribution < 1.29 is 22.0 Å². The average Bonchev–Trinajstić information content (AvgIpc) is 2.15. The van der Waals surface area contributed by atoms with Crippen LogP contribution in [0.2, 0.25) is 5.02 Å². The Hall–Kier alpha value is -0.590. The Morgan fingerprint density at radius 1 is 1.06 bits per heavy atom. The van der Waals surface area contributed by atoms with Gasteiger partial charge in [-0.15, -0.1) is 12.4 Å². The van der Waals surface area contributed by atoms with Crippen LogP contribution in [0, 0.1) is 0 Å². The van der Waals surface area contributed by atoms with Crippen molar-refractivity contribution in [1.82, 2.24) is 0 Å². The zero-order valence-electron chi connectivity index (χ0n) is 8.14. The Labute approximate surface area is 105 Å². The summed E-state index contributed by atoms with van der Waals surface area (Å²) in [5.74, 6) is -5.02. The summed E-state index contributed by atoms with van der Waals surface area (Å²) in [6.07, 6.45) is -5.70. The maximum absolute atomic E-state index is 12.9. The fourth-order valence-corrected chi connectivity index (χ4v) is 1.35. The van der Waals surface area contributed by atoms with Crippen LogP contribution in [-0.2, 0) is 0 Å². The molecule has 17 heavy (non-hydrogen) atoms. The second kappa shape index (κ2) is 5.37. The minimum absolute atomic E-state index is 0. The normalized spacial score (nSPS) is 14.1. The zero-order chi connectivity index (χ0) is 12.6. The minimum atomic E-state index is -5.70.